The molecule has 0 radical (unpaired) electrons. The first kappa shape index (κ1) is 29.8. The largest absolute Gasteiger partial charge is 0.462 e. The lowest BCUT2D eigenvalue weighted by molar-refractivity contribution is -0.308. The minimum atomic E-state index is -1.69. The molecule has 226 valence electrons. The highest BCUT2D eigenvalue weighted by atomic mass is 35.5. The van der Waals surface area contributed by atoms with E-state index in [1.54, 1.807) is 13.8 Å². The highest BCUT2D eigenvalue weighted by Crippen LogP contribution is 2.65. The van der Waals surface area contributed by atoms with E-state index in [1.807, 2.05) is 0 Å². The smallest absolute Gasteiger partial charge is 0.312 e. The van der Waals surface area contributed by atoms with E-state index in [2.05, 4.69) is 6.58 Å². The summed E-state index contributed by atoms with van der Waals surface area (Å²) in [4.78, 5) is 63.7. The molecule has 2 spiro atoms. The van der Waals surface area contributed by atoms with Crippen molar-refractivity contribution in [2.45, 2.75) is 108 Å². The first-order chi connectivity index (χ1) is 19.1. The van der Waals surface area contributed by atoms with Gasteiger partial charge in [-0.2, -0.15) is 0 Å². The van der Waals surface area contributed by atoms with Crippen molar-refractivity contribution in [3.05, 3.63) is 12.2 Å². The Morgan fingerprint density at radius 3 is 2.05 bits per heavy atom. The van der Waals surface area contributed by atoms with Gasteiger partial charge in [0.25, 0.3) is 0 Å². The fourth-order valence-corrected chi connectivity index (χ4v) is 8.15. The number of esters is 5. The molecule has 5 rings (SSSR count). The molecule has 41 heavy (non-hydrogen) atoms. The topological polar surface area (TPSA) is 153 Å². The van der Waals surface area contributed by atoms with Gasteiger partial charge in [-0.25, -0.2) is 0 Å². The number of epoxide rings is 1. The molecule has 4 saturated heterocycles. The van der Waals surface area contributed by atoms with Crippen LogP contribution in [0.2, 0.25) is 0 Å². The van der Waals surface area contributed by atoms with Gasteiger partial charge in [-0.1, -0.05) is 13.5 Å². The first-order valence-electron chi connectivity index (χ1n) is 13.6. The monoisotopic (exact) mass is 598 g/mol. The van der Waals surface area contributed by atoms with Gasteiger partial charge in [0.1, 0.15) is 18.3 Å². The second-order valence-corrected chi connectivity index (χ2v) is 12.4. The Bertz CT molecular complexity index is 1200. The lowest BCUT2D eigenvalue weighted by Gasteiger charge is -2.62. The maximum absolute atomic E-state index is 13.2. The number of hydrogen-bond acceptors (Lipinski definition) is 12. The maximum atomic E-state index is 13.2. The summed E-state index contributed by atoms with van der Waals surface area (Å²) >= 11 is 6.93. The van der Waals surface area contributed by atoms with E-state index in [-0.39, 0.29) is 12.2 Å². The zero-order valence-corrected chi connectivity index (χ0v) is 24.6. The minimum Gasteiger partial charge on any atom is -0.462 e. The molecule has 5 aliphatic rings. The number of halogens is 1. The van der Waals surface area contributed by atoms with Crippen LogP contribution < -0.4 is 0 Å². The van der Waals surface area contributed by atoms with Gasteiger partial charge in [0, 0.05) is 33.6 Å². The van der Waals surface area contributed by atoms with Crippen molar-refractivity contribution < 1.29 is 57.1 Å². The zero-order valence-electron chi connectivity index (χ0n) is 23.8. The Hall–Kier alpha value is -2.70. The summed E-state index contributed by atoms with van der Waals surface area (Å²) in [7, 11) is 0. The van der Waals surface area contributed by atoms with E-state index in [0.717, 1.165) is 0 Å². The Labute approximate surface area is 242 Å². The van der Waals surface area contributed by atoms with E-state index in [9.17, 15) is 24.0 Å². The summed E-state index contributed by atoms with van der Waals surface area (Å²) < 4.78 is 42.4. The maximum Gasteiger partial charge on any atom is 0.312 e. The molecular weight excluding hydrogens is 564 g/mol. The van der Waals surface area contributed by atoms with Crippen LogP contribution in [0.25, 0.3) is 0 Å². The lowest BCUT2D eigenvalue weighted by Crippen LogP contribution is -2.77. The van der Waals surface area contributed by atoms with E-state index in [0.29, 0.717) is 12.8 Å². The fraction of sp³-hybridized carbons (Fsp3) is 0.750. The van der Waals surface area contributed by atoms with Gasteiger partial charge in [0.05, 0.1) is 28.9 Å². The predicted molar refractivity (Wildman–Crippen MR) is 137 cm³/mol. The minimum absolute atomic E-state index is 0.207. The van der Waals surface area contributed by atoms with Crippen LogP contribution in [0.4, 0.5) is 0 Å². The van der Waals surface area contributed by atoms with Gasteiger partial charge in [0.2, 0.25) is 0 Å². The Morgan fingerprint density at radius 1 is 0.951 bits per heavy atom. The van der Waals surface area contributed by atoms with Gasteiger partial charge in [-0.15, -0.1) is 11.6 Å². The molecule has 12 nitrogen and oxygen atoms in total. The van der Waals surface area contributed by atoms with Crippen LogP contribution in [0.15, 0.2) is 12.2 Å². The quantitative estimate of drug-likeness (QED) is 0.152. The number of fused-ring (bicyclic) bond motifs is 3. The standard InChI is InChI=1S/C28H35ClO12/c1-11-18(29)22-28(12(2)25(34)40-22)24(39-16(6)33)21-26(7,17(36-13(3)30)8-9-27(21)10-35-27)23(38-15(5)32)20(19(11)41-28)37-14(4)31/h12,17-24H,1,8-10H2,2-7H3/t12-,17-,18-,19+,20+,21+,22-,23-,24-,26-,27+,28-/m0/s1. The predicted octanol–water partition coefficient (Wildman–Crippen LogP) is 1.77. The van der Waals surface area contributed by atoms with Gasteiger partial charge < -0.3 is 33.2 Å². The number of rotatable bonds is 4. The molecule has 0 aromatic rings. The van der Waals surface area contributed by atoms with Crippen molar-refractivity contribution in [3.63, 3.8) is 0 Å². The van der Waals surface area contributed by atoms with E-state index in [4.69, 9.17) is 44.8 Å². The number of carbonyl (C=O) groups excluding carboxylic acids is 5. The van der Waals surface area contributed by atoms with Crippen molar-refractivity contribution in [3.8, 4) is 0 Å². The Balaban J connectivity index is 1.86. The molecule has 0 amide bonds. The van der Waals surface area contributed by atoms with Gasteiger partial charge >= 0.3 is 29.8 Å². The van der Waals surface area contributed by atoms with Crippen LogP contribution in [0.3, 0.4) is 0 Å². The van der Waals surface area contributed by atoms with Crippen LogP contribution in [0.1, 0.15) is 54.4 Å². The summed E-state index contributed by atoms with van der Waals surface area (Å²) in [6, 6.07) is 0. The van der Waals surface area contributed by atoms with Crippen LogP contribution in [-0.2, 0) is 57.1 Å². The molecule has 4 heterocycles. The third-order valence-corrected chi connectivity index (χ3v) is 9.97. The first-order valence-corrected chi connectivity index (χ1v) is 14.1. The van der Waals surface area contributed by atoms with Gasteiger partial charge in [0.15, 0.2) is 23.9 Å². The van der Waals surface area contributed by atoms with Crippen molar-refractivity contribution in [2.75, 3.05) is 6.61 Å². The molecule has 2 bridgehead atoms. The number of alkyl halides is 1. The molecule has 0 aromatic carbocycles. The van der Waals surface area contributed by atoms with Crippen molar-refractivity contribution in [1.29, 1.82) is 0 Å². The second-order valence-electron chi connectivity index (χ2n) is 11.9. The average Bonchev–Trinajstić information content (AvgIpc) is 3.58. The van der Waals surface area contributed by atoms with Gasteiger partial charge in [-0.3, -0.25) is 24.0 Å². The Kier molecular flexibility index (Phi) is 7.22. The lowest BCUT2D eigenvalue weighted by atomic mass is 9.51. The fourth-order valence-electron chi connectivity index (χ4n) is 7.78. The summed E-state index contributed by atoms with van der Waals surface area (Å²) in [5.41, 5.74) is -3.83. The molecule has 0 N–H and O–H groups in total. The molecule has 0 aromatic heterocycles. The van der Waals surface area contributed by atoms with E-state index >= 15 is 0 Å². The summed E-state index contributed by atoms with van der Waals surface area (Å²) in [6.45, 7) is 12.5. The molecule has 13 heteroatoms. The third-order valence-electron chi connectivity index (χ3n) is 9.46. The third kappa shape index (κ3) is 4.36. The highest BCUT2D eigenvalue weighted by molar-refractivity contribution is 6.23. The van der Waals surface area contributed by atoms with Crippen LogP contribution >= 0.6 is 11.6 Å². The number of carbonyl (C=O) groups is 5. The number of hydrogen-bond donors (Lipinski definition) is 0. The van der Waals surface area contributed by atoms with E-state index in [1.165, 1.54) is 27.7 Å². The molecule has 12 atom stereocenters. The van der Waals surface area contributed by atoms with Crippen molar-refractivity contribution in [2.24, 2.45) is 17.3 Å². The second kappa shape index (κ2) is 9.95. The molecule has 1 aliphatic carbocycles. The van der Waals surface area contributed by atoms with Crippen molar-refractivity contribution in [1.82, 2.24) is 0 Å². The Morgan fingerprint density at radius 2 is 1.51 bits per heavy atom. The molecular formula is C28H35ClO12. The highest BCUT2D eigenvalue weighted by Gasteiger charge is 2.80. The van der Waals surface area contributed by atoms with Crippen LogP contribution in [0, 0.1) is 17.3 Å². The normalized spacial score (nSPS) is 46.2. The summed E-state index contributed by atoms with van der Waals surface area (Å²) in [5.74, 6) is -5.25. The van der Waals surface area contributed by atoms with Gasteiger partial charge in [-0.05, 0) is 25.3 Å². The molecule has 4 aliphatic heterocycles. The number of ether oxygens (including phenoxy) is 7. The molecule has 5 fully saturated rings. The SMILES string of the molecule is C=C1[C@H]2O[C@]3([C@@H](C)C(=O)O[C@H]3[C@H]1Cl)[C@@H](OC(C)=O)[C@H]1[C@@]3(CC[C@H](OC(C)=O)[C@]1(C)[C@@H](OC(C)=O)[C@@H]2OC(C)=O)CO3. The average molecular weight is 599 g/mol. The summed E-state index contributed by atoms with van der Waals surface area (Å²) in [6.07, 6.45) is -6.51. The van der Waals surface area contributed by atoms with E-state index < -0.39 is 100 Å². The van der Waals surface area contributed by atoms with Crippen LogP contribution in [0.5, 0.6) is 0 Å². The van der Waals surface area contributed by atoms with Crippen LogP contribution in [-0.4, -0.2) is 89.7 Å². The van der Waals surface area contributed by atoms with Crippen molar-refractivity contribution >= 4 is 41.4 Å². The molecule has 1 saturated carbocycles. The molecule has 0 unspecified atom stereocenters. The zero-order chi connectivity index (χ0) is 30.2. The summed E-state index contributed by atoms with van der Waals surface area (Å²) in [5, 5.41) is -1.05.